The van der Waals surface area contributed by atoms with Crippen LogP contribution in [-0.4, -0.2) is 29.7 Å². The molecule has 0 amide bonds. The van der Waals surface area contributed by atoms with E-state index in [9.17, 15) is 13.2 Å². The standard InChI is InChI=1S/C42H42ClN3O5S/c1-5-6-16-40-44-37-26-23-34(46(29-30-12-8-7-9-13-30)52(48,49)35-24-21-33(43)22-25-35)27-38(37)45(40)28-31-17-19-32(20-18-31)36-14-10-11-15-39(36)50-41(47)51-42(2,3)4/h7-15,17-27H,5-6,16,28-29H2,1-4H3. The Bertz CT molecular complexity index is 2260. The number of imidazole rings is 1. The lowest BCUT2D eigenvalue weighted by molar-refractivity contribution is 0.0207. The first-order valence-electron chi connectivity index (χ1n) is 17.3. The Labute approximate surface area is 310 Å². The van der Waals surface area contributed by atoms with Crippen molar-refractivity contribution in [2.75, 3.05) is 4.31 Å². The van der Waals surface area contributed by atoms with Gasteiger partial charge in [0, 0.05) is 23.6 Å². The zero-order chi connectivity index (χ0) is 36.9. The molecule has 0 saturated heterocycles. The third kappa shape index (κ3) is 8.66. The summed E-state index contributed by atoms with van der Waals surface area (Å²) in [7, 11) is -3.96. The fraction of sp³-hybridized carbons (Fsp3) is 0.238. The Morgan fingerprint density at radius 1 is 0.846 bits per heavy atom. The van der Waals surface area contributed by atoms with Gasteiger partial charge in [0.25, 0.3) is 10.0 Å². The number of carbonyl (C=O) groups is 1. The van der Waals surface area contributed by atoms with Crippen molar-refractivity contribution in [1.29, 1.82) is 0 Å². The van der Waals surface area contributed by atoms with Gasteiger partial charge in [-0.15, -0.1) is 0 Å². The highest BCUT2D eigenvalue weighted by atomic mass is 35.5. The maximum absolute atomic E-state index is 14.2. The van der Waals surface area contributed by atoms with Crippen molar-refractivity contribution in [1.82, 2.24) is 9.55 Å². The monoisotopic (exact) mass is 735 g/mol. The zero-order valence-electron chi connectivity index (χ0n) is 29.8. The smallest absolute Gasteiger partial charge is 0.428 e. The van der Waals surface area contributed by atoms with Crippen LogP contribution >= 0.6 is 11.6 Å². The summed E-state index contributed by atoms with van der Waals surface area (Å²) in [6.07, 6.45) is 2.00. The van der Waals surface area contributed by atoms with Crippen molar-refractivity contribution >= 4 is 44.5 Å². The van der Waals surface area contributed by atoms with Gasteiger partial charge in [0.15, 0.2) is 0 Å². The van der Waals surface area contributed by atoms with Crippen molar-refractivity contribution in [2.45, 2.75) is 70.5 Å². The van der Waals surface area contributed by atoms with Crippen molar-refractivity contribution < 1.29 is 22.7 Å². The van der Waals surface area contributed by atoms with E-state index in [1.54, 1.807) is 39.0 Å². The van der Waals surface area contributed by atoms with Gasteiger partial charge >= 0.3 is 6.16 Å². The van der Waals surface area contributed by atoms with Crippen LogP contribution in [0.25, 0.3) is 22.2 Å². The van der Waals surface area contributed by atoms with Gasteiger partial charge in [-0.25, -0.2) is 18.2 Å². The molecule has 8 nitrogen and oxygen atoms in total. The number of anilines is 1. The fourth-order valence-electron chi connectivity index (χ4n) is 5.94. The number of fused-ring (bicyclic) bond motifs is 1. The Kier molecular flexibility index (Phi) is 11.0. The Hall–Kier alpha value is -5.12. The summed E-state index contributed by atoms with van der Waals surface area (Å²) in [5.41, 5.74) is 5.04. The van der Waals surface area contributed by atoms with Crippen LogP contribution in [0.4, 0.5) is 10.5 Å². The number of unbranched alkanes of at least 4 members (excludes halogenated alkanes) is 1. The van der Waals surface area contributed by atoms with Crippen LogP contribution in [0.15, 0.2) is 126 Å². The molecule has 0 radical (unpaired) electrons. The summed E-state index contributed by atoms with van der Waals surface area (Å²) in [6.45, 7) is 8.20. The summed E-state index contributed by atoms with van der Waals surface area (Å²) in [5, 5.41) is 0.463. The van der Waals surface area contributed by atoms with E-state index in [2.05, 4.69) is 11.5 Å². The predicted molar refractivity (Wildman–Crippen MR) is 207 cm³/mol. The van der Waals surface area contributed by atoms with E-state index in [0.29, 0.717) is 23.0 Å². The lowest BCUT2D eigenvalue weighted by Gasteiger charge is -2.25. The number of ether oxygens (including phenoxy) is 2. The van der Waals surface area contributed by atoms with Crippen LogP contribution in [0.1, 0.15) is 57.5 Å². The number of benzene rings is 5. The first-order chi connectivity index (χ1) is 24.9. The minimum Gasteiger partial charge on any atom is -0.428 e. The van der Waals surface area contributed by atoms with Crippen LogP contribution in [0.5, 0.6) is 5.75 Å². The molecular formula is C42H42ClN3O5S. The highest BCUT2D eigenvalue weighted by Crippen LogP contribution is 2.33. The normalized spacial score (nSPS) is 11.8. The van der Waals surface area contributed by atoms with E-state index in [4.69, 9.17) is 26.1 Å². The third-order valence-corrected chi connectivity index (χ3v) is 10.5. The maximum Gasteiger partial charge on any atom is 0.514 e. The van der Waals surface area contributed by atoms with Gasteiger partial charge in [-0.1, -0.05) is 97.7 Å². The number of nitrogens with zero attached hydrogens (tertiary/aromatic N) is 3. The van der Waals surface area contributed by atoms with E-state index in [-0.39, 0.29) is 11.4 Å². The lowest BCUT2D eigenvalue weighted by Crippen LogP contribution is -2.30. The van der Waals surface area contributed by atoms with Crippen LogP contribution < -0.4 is 9.04 Å². The van der Waals surface area contributed by atoms with Gasteiger partial charge in [-0.2, -0.15) is 0 Å². The van der Waals surface area contributed by atoms with Crippen LogP contribution in [0, 0.1) is 0 Å². The molecule has 6 rings (SSSR count). The van der Waals surface area contributed by atoms with E-state index < -0.39 is 21.8 Å². The third-order valence-electron chi connectivity index (χ3n) is 8.50. The fourth-order valence-corrected chi connectivity index (χ4v) is 7.51. The summed E-state index contributed by atoms with van der Waals surface area (Å²) < 4.78 is 43.0. The van der Waals surface area contributed by atoms with Gasteiger partial charge in [0.2, 0.25) is 0 Å². The molecule has 0 atom stereocenters. The minimum absolute atomic E-state index is 0.148. The van der Waals surface area contributed by atoms with Gasteiger partial charge in [-0.05, 0) is 92.4 Å². The maximum atomic E-state index is 14.2. The number of sulfonamides is 1. The second kappa shape index (κ2) is 15.6. The molecule has 10 heteroatoms. The number of hydrogen-bond acceptors (Lipinski definition) is 6. The van der Waals surface area contributed by atoms with Crippen molar-refractivity contribution in [3.05, 3.63) is 143 Å². The quantitative estimate of drug-likeness (QED) is 0.0918. The summed E-state index contributed by atoms with van der Waals surface area (Å²) in [6, 6.07) is 36.9. The molecule has 1 heterocycles. The van der Waals surface area contributed by atoms with Crippen LogP contribution in [0.3, 0.4) is 0 Å². The second-order valence-electron chi connectivity index (χ2n) is 13.6. The van der Waals surface area contributed by atoms with Gasteiger partial charge in [0.1, 0.15) is 17.2 Å². The number of hydrogen-bond donors (Lipinski definition) is 0. The number of aromatic nitrogens is 2. The molecular weight excluding hydrogens is 694 g/mol. The molecule has 0 aliphatic carbocycles. The van der Waals surface area contributed by atoms with E-state index in [0.717, 1.165) is 58.4 Å². The largest absolute Gasteiger partial charge is 0.514 e. The van der Waals surface area contributed by atoms with E-state index in [1.165, 1.54) is 16.4 Å². The number of halogens is 1. The first-order valence-corrected chi connectivity index (χ1v) is 19.1. The Morgan fingerprint density at radius 2 is 1.54 bits per heavy atom. The summed E-state index contributed by atoms with van der Waals surface area (Å²) in [5.74, 6) is 1.34. The highest BCUT2D eigenvalue weighted by Gasteiger charge is 2.27. The molecule has 0 fully saturated rings. The predicted octanol–water partition coefficient (Wildman–Crippen LogP) is 10.5. The number of rotatable bonds is 12. The average molecular weight is 736 g/mol. The van der Waals surface area contributed by atoms with Crippen LogP contribution in [-0.2, 0) is 34.3 Å². The number of aryl methyl sites for hydroxylation is 1. The molecule has 0 saturated carbocycles. The van der Waals surface area contributed by atoms with Gasteiger partial charge in [0.05, 0.1) is 28.2 Å². The van der Waals surface area contributed by atoms with Crippen molar-refractivity contribution in [3.63, 3.8) is 0 Å². The van der Waals surface area contributed by atoms with Crippen LogP contribution in [0.2, 0.25) is 5.02 Å². The molecule has 0 aliphatic heterocycles. The molecule has 268 valence electrons. The Balaban J connectivity index is 1.36. The summed E-state index contributed by atoms with van der Waals surface area (Å²) in [4.78, 5) is 17.6. The first kappa shape index (κ1) is 36.7. The zero-order valence-corrected chi connectivity index (χ0v) is 31.3. The van der Waals surface area contributed by atoms with Gasteiger partial charge < -0.3 is 14.0 Å². The lowest BCUT2D eigenvalue weighted by atomic mass is 10.0. The molecule has 0 bridgehead atoms. The molecule has 0 aliphatic rings. The second-order valence-corrected chi connectivity index (χ2v) is 15.9. The molecule has 5 aromatic carbocycles. The van der Waals surface area contributed by atoms with Gasteiger partial charge in [-0.3, -0.25) is 4.31 Å². The average Bonchev–Trinajstić information content (AvgIpc) is 3.46. The molecule has 6 aromatic rings. The molecule has 52 heavy (non-hydrogen) atoms. The highest BCUT2D eigenvalue weighted by molar-refractivity contribution is 7.92. The molecule has 0 unspecified atom stereocenters. The minimum atomic E-state index is -3.96. The number of para-hydroxylation sites is 1. The van der Waals surface area contributed by atoms with Crippen molar-refractivity contribution in [3.8, 4) is 16.9 Å². The molecule has 1 aromatic heterocycles. The number of carbonyl (C=O) groups excluding carboxylic acids is 1. The van der Waals surface area contributed by atoms with E-state index in [1.807, 2.05) is 91.0 Å². The SMILES string of the molecule is CCCCc1nc2ccc(N(Cc3ccccc3)S(=O)(=O)c3ccc(Cl)cc3)cc2n1Cc1ccc(-c2ccccc2OC(=O)OC(C)(C)C)cc1. The molecule has 0 N–H and O–H groups in total. The van der Waals surface area contributed by atoms with E-state index >= 15 is 0 Å². The topological polar surface area (TPSA) is 90.7 Å². The Morgan fingerprint density at radius 3 is 2.23 bits per heavy atom. The summed E-state index contributed by atoms with van der Waals surface area (Å²) >= 11 is 6.12. The van der Waals surface area contributed by atoms with Crippen molar-refractivity contribution in [2.24, 2.45) is 0 Å². The molecule has 0 spiro atoms.